The second-order valence-corrected chi connectivity index (χ2v) is 16.6. The number of anilines is 2. The van der Waals surface area contributed by atoms with E-state index in [0.29, 0.717) is 35.9 Å². The summed E-state index contributed by atoms with van der Waals surface area (Å²) in [6, 6.07) is 25.0. The normalized spacial score (nSPS) is 15.2. The van der Waals surface area contributed by atoms with Crippen LogP contribution >= 0.6 is 0 Å². The van der Waals surface area contributed by atoms with Crippen molar-refractivity contribution in [1.82, 2.24) is 48.5 Å². The number of pyridine rings is 2. The van der Waals surface area contributed by atoms with Crippen LogP contribution in [0, 0.1) is 25.7 Å². The van der Waals surface area contributed by atoms with Gasteiger partial charge in [0.2, 0.25) is 5.91 Å². The van der Waals surface area contributed by atoms with Crippen LogP contribution < -0.4 is 10.6 Å². The first-order valence-electron chi connectivity index (χ1n) is 22.6. The van der Waals surface area contributed by atoms with Gasteiger partial charge in [-0.05, 0) is 107 Å². The van der Waals surface area contributed by atoms with Gasteiger partial charge in [0.1, 0.15) is 23.3 Å². The zero-order valence-corrected chi connectivity index (χ0v) is 38.3. The van der Waals surface area contributed by atoms with Crippen molar-refractivity contribution >= 4 is 46.3 Å². The van der Waals surface area contributed by atoms with Crippen LogP contribution in [0.2, 0.25) is 0 Å². The van der Waals surface area contributed by atoms with Crippen LogP contribution in [0.4, 0.5) is 11.6 Å². The molecule has 0 spiro atoms. The number of benzene rings is 2. The zero-order valence-electron chi connectivity index (χ0n) is 38.3. The molecule has 2 aliphatic rings. The number of likely N-dealkylation sites (tertiary alicyclic amines) is 2. The number of imidazole rings is 2. The fraction of sp³-hybridized carbons (Fsp3) is 0.208. The molecule has 4 amide bonds. The maximum atomic E-state index is 12.6. The van der Waals surface area contributed by atoms with Crippen molar-refractivity contribution in [1.29, 1.82) is 0 Å². The van der Waals surface area contributed by atoms with Gasteiger partial charge in [-0.25, -0.2) is 19.9 Å². The van der Waals surface area contributed by atoms with E-state index in [1.165, 1.54) is 6.08 Å². The molecule has 0 aliphatic carbocycles. The molecule has 2 fully saturated rings. The van der Waals surface area contributed by atoms with Crippen LogP contribution in [0.5, 0.6) is 0 Å². The van der Waals surface area contributed by atoms with Gasteiger partial charge in [-0.1, -0.05) is 48.9 Å². The monoisotopic (exact) mass is 916 g/mol. The van der Waals surface area contributed by atoms with Crippen molar-refractivity contribution in [3.8, 4) is 34.4 Å². The molecule has 0 saturated carbocycles. The van der Waals surface area contributed by atoms with Gasteiger partial charge in [0.15, 0.2) is 0 Å². The molecule has 8 heterocycles. The van der Waals surface area contributed by atoms with Crippen LogP contribution in [0.15, 0.2) is 135 Å². The number of aryl methyl sites for hydroxylation is 2. The molecule has 0 unspecified atom stereocenters. The Hall–Kier alpha value is -8.84. The Bertz CT molecular complexity index is 3280. The summed E-state index contributed by atoms with van der Waals surface area (Å²) in [4.78, 5) is 80.9. The highest BCUT2D eigenvalue weighted by Gasteiger charge is 2.35. The maximum Gasteiger partial charge on any atom is 0.299 e. The van der Waals surface area contributed by atoms with Crippen LogP contribution in [-0.4, -0.2) is 85.2 Å². The number of rotatable bonds is 9. The van der Waals surface area contributed by atoms with Crippen molar-refractivity contribution in [2.45, 2.75) is 58.5 Å². The van der Waals surface area contributed by atoms with Gasteiger partial charge in [0.05, 0.1) is 46.9 Å². The summed E-state index contributed by atoms with van der Waals surface area (Å²) >= 11 is 0. The molecule has 16 nitrogen and oxygen atoms in total. The molecule has 6 aromatic heterocycles. The number of carbonyl (C=O) groups is 4. The Morgan fingerprint density at radius 3 is 1.54 bits per heavy atom. The number of hydrogen-bond acceptors (Lipinski definition) is 10. The molecule has 2 atom stereocenters. The highest BCUT2D eigenvalue weighted by molar-refractivity contribution is 6.05. The summed E-state index contributed by atoms with van der Waals surface area (Å²) in [6.45, 7) is 10.6. The lowest BCUT2D eigenvalue weighted by Gasteiger charge is -2.22. The van der Waals surface area contributed by atoms with Gasteiger partial charge in [-0.3, -0.25) is 37.9 Å². The van der Waals surface area contributed by atoms with E-state index < -0.39 is 0 Å². The van der Waals surface area contributed by atoms with E-state index in [1.54, 1.807) is 97.5 Å². The molecule has 0 radical (unpaired) electrons. The molecule has 0 bridgehead atoms. The molecule has 344 valence electrons. The molecule has 2 aliphatic heterocycles. The summed E-state index contributed by atoms with van der Waals surface area (Å²) in [5.74, 6) is 7.25. The topological polar surface area (TPSA) is 185 Å². The van der Waals surface area contributed by atoms with E-state index in [4.69, 9.17) is 9.97 Å². The molecule has 8 aromatic rings. The first-order valence-corrected chi connectivity index (χ1v) is 22.6. The number of hydrogen-bond donors (Lipinski definition) is 2. The van der Waals surface area contributed by atoms with E-state index in [-0.39, 0.29) is 35.7 Å². The Morgan fingerprint density at radius 2 is 1.10 bits per heavy atom. The number of carbonyl (C=O) groups excluding carboxylic acids is 4. The van der Waals surface area contributed by atoms with Crippen molar-refractivity contribution in [3.05, 3.63) is 169 Å². The number of nitrogens with one attached hydrogen (secondary N) is 2. The lowest BCUT2D eigenvalue weighted by Crippen LogP contribution is -2.30. The fourth-order valence-electron chi connectivity index (χ4n) is 8.98. The Morgan fingerprint density at radius 1 is 0.638 bits per heavy atom. The second-order valence-electron chi connectivity index (χ2n) is 16.6. The SMILES string of the molecule is C=CC(=O)N1CCC[C@H]1c1nc(-c2ccc(C(=O)Nc3ccccn3)cc2)c2cncc(C)n12.CC#CC(=O)N1CCC[C@H]1c1nc(-c2ccc(C(=O)Nc3ccccn3)cc2)c2cncc(C)n12. The predicted octanol–water partition coefficient (Wildman–Crippen LogP) is 8.24. The van der Waals surface area contributed by atoms with E-state index in [0.717, 1.165) is 82.3 Å². The van der Waals surface area contributed by atoms with Gasteiger partial charge < -0.3 is 20.4 Å². The zero-order chi connectivity index (χ0) is 48.0. The summed E-state index contributed by atoms with van der Waals surface area (Å²) in [6.07, 6.45) is 15.3. The highest BCUT2D eigenvalue weighted by atomic mass is 16.2. The third-order valence-electron chi connectivity index (χ3n) is 12.2. The predicted molar refractivity (Wildman–Crippen MR) is 262 cm³/mol. The Kier molecular flexibility index (Phi) is 13.1. The van der Waals surface area contributed by atoms with Crippen molar-refractivity contribution in [2.24, 2.45) is 0 Å². The number of nitrogens with zero attached hydrogens (tertiary/aromatic N) is 10. The smallest absolute Gasteiger partial charge is 0.299 e. The van der Waals surface area contributed by atoms with Crippen LogP contribution in [0.3, 0.4) is 0 Å². The van der Waals surface area contributed by atoms with E-state index in [1.807, 2.05) is 55.1 Å². The summed E-state index contributed by atoms with van der Waals surface area (Å²) in [5, 5.41) is 5.58. The van der Waals surface area contributed by atoms with Crippen molar-refractivity contribution in [2.75, 3.05) is 23.7 Å². The fourth-order valence-corrected chi connectivity index (χ4v) is 8.98. The van der Waals surface area contributed by atoms with Gasteiger partial charge in [-0.2, -0.15) is 0 Å². The average molecular weight is 917 g/mol. The number of amides is 4. The average Bonchev–Trinajstić information content (AvgIpc) is 4.21. The molecule has 16 heteroatoms. The van der Waals surface area contributed by atoms with Crippen molar-refractivity contribution < 1.29 is 19.2 Å². The number of aromatic nitrogens is 8. The molecule has 2 N–H and O–H groups in total. The van der Waals surface area contributed by atoms with Crippen LogP contribution in [0.25, 0.3) is 33.5 Å². The summed E-state index contributed by atoms with van der Waals surface area (Å²) in [5.41, 5.74) is 7.87. The quantitative estimate of drug-likeness (QED) is 0.106. The Balaban J connectivity index is 0.000000172. The van der Waals surface area contributed by atoms with Crippen LogP contribution in [-0.2, 0) is 9.59 Å². The van der Waals surface area contributed by atoms with Crippen molar-refractivity contribution in [3.63, 3.8) is 0 Å². The molecule has 2 aromatic carbocycles. The lowest BCUT2D eigenvalue weighted by molar-refractivity contribution is -0.127. The first-order chi connectivity index (χ1) is 33.6. The molecular formula is C53H48N12O4. The van der Waals surface area contributed by atoms with E-state index >= 15 is 0 Å². The minimum atomic E-state index is -0.236. The third kappa shape index (κ3) is 9.30. The second kappa shape index (κ2) is 19.9. The number of fused-ring (bicyclic) bond motifs is 2. The van der Waals surface area contributed by atoms with E-state index in [9.17, 15) is 19.2 Å². The molecule has 10 rings (SSSR count). The van der Waals surface area contributed by atoms with Gasteiger partial charge in [0.25, 0.3) is 17.7 Å². The molecule has 69 heavy (non-hydrogen) atoms. The summed E-state index contributed by atoms with van der Waals surface area (Å²) in [7, 11) is 0. The van der Waals surface area contributed by atoms with Crippen LogP contribution in [0.1, 0.15) is 88.4 Å². The molecule has 2 saturated heterocycles. The third-order valence-corrected chi connectivity index (χ3v) is 12.2. The standard InChI is InChI=1S/C27H24N6O2.C26H24N6O2/c1-3-7-24(34)32-15-6-8-21(32)26-31-25(22-17-28-16-18(2)33(22)26)19-10-12-20(13-11-19)27(35)30-23-9-4-5-14-29-23;1-3-23(33)31-14-6-7-20(31)25-30-24(21-16-27-15-17(2)32(21)25)18-9-11-19(12-10-18)26(34)29-22-8-4-5-13-28-22/h4-5,9-14,16-17,21H,6,8,15H2,1-2H3,(H,29,30,35);3-5,8-13,15-16,20H,1,6-7,14H2,2H3,(H,28,29,34)/t21-;20-/m00/s1. The van der Waals surface area contributed by atoms with Gasteiger partial charge in [-0.15, -0.1) is 0 Å². The first kappa shape index (κ1) is 45.3. The summed E-state index contributed by atoms with van der Waals surface area (Å²) < 4.78 is 4.14. The highest BCUT2D eigenvalue weighted by Crippen LogP contribution is 2.37. The van der Waals surface area contributed by atoms with E-state index in [2.05, 4.69) is 57.8 Å². The van der Waals surface area contributed by atoms with Gasteiger partial charge >= 0.3 is 0 Å². The minimum Gasteiger partial charge on any atom is -0.329 e. The minimum absolute atomic E-state index is 0.0872. The Labute approximate surface area is 398 Å². The van der Waals surface area contributed by atoms with Gasteiger partial charge in [0, 0.05) is 71.5 Å². The maximum absolute atomic E-state index is 12.6. The lowest BCUT2D eigenvalue weighted by atomic mass is 10.1. The largest absolute Gasteiger partial charge is 0.329 e. The molecular weight excluding hydrogens is 869 g/mol.